The summed E-state index contributed by atoms with van der Waals surface area (Å²) in [5.74, 6) is 0. The van der Waals surface area contributed by atoms with Gasteiger partial charge >= 0.3 is 0 Å². The van der Waals surface area contributed by atoms with Crippen LogP contribution < -0.4 is 5.32 Å². The van der Waals surface area contributed by atoms with Crippen molar-refractivity contribution in [3.63, 3.8) is 0 Å². The van der Waals surface area contributed by atoms with Crippen LogP contribution in [0.2, 0.25) is 0 Å². The first-order chi connectivity index (χ1) is 5.45. The Morgan fingerprint density at radius 1 is 0.909 bits per heavy atom. The molecule has 2 rings (SSSR count). The summed E-state index contributed by atoms with van der Waals surface area (Å²) in [5.41, 5.74) is 0. The molecule has 0 amide bonds. The standard InChI is InChI=1S/C8H17N3/c1-4-10(5-1)8-11-6-2-9-3-7-11/h9H,1-8H2. The van der Waals surface area contributed by atoms with E-state index in [9.17, 15) is 0 Å². The van der Waals surface area contributed by atoms with Gasteiger partial charge in [0, 0.05) is 39.3 Å². The molecule has 11 heavy (non-hydrogen) atoms. The van der Waals surface area contributed by atoms with E-state index in [0.717, 1.165) is 0 Å². The van der Waals surface area contributed by atoms with Gasteiger partial charge in [0.2, 0.25) is 0 Å². The molecular weight excluding hydrogens is 138 g/mol. The quantitative estimate of drug-likeness (QED) is 0.583. The zero-order valence-corrected chi connectivity index (χ0v) is 7.05. The molecule has 3 nitrogen and oxygen atoms in total. The molecule has 0 atom stereocenters. The second-order valence-electron chi connectivity index (χ2n) is 3.48. The summed E-state index contributed by atoms with van der Waals surface area (Å²) in [5, 5.41) is 3.36. The molecule has 0 aromatic heterocycles. The maximum Gasteiger partial charge on any atom is 0.0507 e. The van der Waals surface area contributed by atoms with Gasteiger partial charge in [-0.3, -0.25) is 9.80 Å². The van der Waals surface area contributed by atoms with Crippen LogP contribution in [0.1, 0.15) is 6.42 Å². The Balaban J connectivity index is 1.67. The zero-order chi connectivity index (χ0) is 7.52. The van der Waals surface area contributed by atoms with Crippen molar-refractivity contribution in [1.82, 2.24) is 15.1 Å². The average Bonchev–Trinajstić information content (AvgIpc) is 1.99. The Bertz CT molecular complexity index is 117. The van der Waals surface area contributed by atoms with E-state index in [4.69, 9.17) is 0 Å². The number of likely N-dealkylation sites (tertiary alicyclic amines) is 1. The third-order valence-electron chi connectivity index (χ3n) is 2.56. The summed E-state index contributed by atoms with van der Waals surface area (Å²) in [6.45, 7) is 8.67. The van der Waals surface area contributed by atoms with Gasteiger partial charge < -0.3 is 5.32 Å². The van der Waals surface area contributed by atoms with Gasteiger partial charge in [0.1, 0.15) is 0 Å². The number of piperazine rings is 1. The summed E-state index contributed by atoms with van der Waals surface area (Å²) in [6.07, 6.45) is 1.41. The first-order valence-electron chi connectivity index (χ1n) is 4.60. The van der Waals surface area contributed by atoms with E-state index in [1.807, 2.05) is 0 Å². The van der Waals surface area contributed by atoms with Crippen LogP contribution in [0.5, 0.6) is 0 Å². The molecule has 1 N–H and O–H groups in total. The third kappa shape index (κ3) is 1.92. The van der Waals surface area contributed by atoms with E-state index in [-0.39, 0.29) is 0 Å². The van der Waals surface area contributed by atoms with E-state index in [1.54, 1.807) is 0 Å². The largest absolute Gasteiger partial charge is 0.314 e. The Morgan fingerprint density at radius 2 is 1.55 bits per heavy atom. The van der Waals surface area contributed by atoms with E-state index in [0.29, 0.717) is 0 Å². The van der Waals surface area contributed by atoms with Gasteiger partial charge in [0.05, 0.1) is 6.67 Å². The fraction of sp³-hybridized carbons (Fsp3) is 1.00. The summed E-state index contributed by atoms with van der Waals surface area (Å²) in [6, 6.07) is 0. The lowest BCUT2D eigenvalue weighted by molar-refractivity contribution is 0.0742. The van der Waals surface area contributed by atoms with Crippen molar-refractivity contribution in [3.05, 3.63) is 0 Å². The van der Waals surface area contributed by atoms with Crippen LogP contribution in [0.3, 0.4) is 0 Å². The van der Waals surface area contributed by atoms with Crippen LogP contribution >= 0.6 is 0 Å². The number of nitrogens with one attached hydrogen (secondary N) is 1. The summed E-state index contributed by atoms with van der Waals surface area (Å²) < 4.78 is 0. The Morgan fingerprint density at radius 3 is 2.09 bits per heavy atom. The molecule has 3 heteroatoms. The van der Waals surface area contributed by atoms with E-state index in [1.165, 1.54) is 52.4 Å². The topological polar surface area (TPSA) is 18.5 Å². The van der Waals surface area contributed by atoms with Crippen LogP contribution in [-0.2, 0) is 0 Å². The van der Waals surface area contributed by atoms with Crippen LogP contribution in [0.4, 0.5) is 0 Å². The molecule has 2 aliphatic heterocycles. The monoisotopic (exact) mass is 155 g/mol. The lowest BCUT2D eigenvalue weighted by atomic mass is 10.2. The molecule has 0 aliphatic carbocycles. The lowest BCUT2D eigenvalue weighted by Gasteiger charge is -2.37. The Labute approximate surface area is 68.4 Å². The first kappa shape index (κ1) is 7.53. The number of rotatable bonds is 2. The fourth-order valence-corrected chi connectivity index (χ4v) is 1.66. The molecule has 0 spiro atoms. The highest BCUT2D eigenvalue weighted by Crippen LogP contribution is 2.06. The minimum atomic E-state index is 1.17. The van der Waals surface area contributed by atoms with Gasteiger partial charge in [-0.05, 0) is 6.42 Å². The molecule has 2 aliphatic rings. The van der Waals surface area contributed by atoms with Crippen molar-refractivity contribution in [2.45, 2.75) is 6.42 Å². The maximum atomic E-state index is 3.36. The number of hydrogen-bond acceptors (Lipinski definition) is 3. The smallest absolute Gasteiger partial charge is 0.0507 e. The molecular formula is C8H17N3. The Kier molecular flexibility index (Phi) is 2.41. The van der Waals surface area contributed by atoms with Crippen molar-refractivity contribution >= 4 is 0 Å². The molecule has 2 fully saturated rings. The fourth-order valence-electron chi connectivity index (χ4n) is 1.66. The van der Waals surface area contributed by atoms with Crippen molar-refractivity contribution in [3.8, 4) is 0 Å². The summed E-state index contributed by atoms with van der Waals surface area (Å²) in [4.78, 5) is 5.06. The molecule has 0 saturated carbocycles. The Hall–Kier alpha value is -0.120. The molecule has 2 heterocycles. The predicted molar refractivity (Wildman–Crippen MR) is 45.5 cm³/mol. The molecule has 0 aromatic carbocycles. The molecule has 0 aromatic rings. The van der Waals surface area contributed by atoms with Gasteiger partial charge in [0.15, 0.2) is 0 Å². The van der Waals surface area contributed by atoms with E-state index >= 15 is 0 Å². The van der Waals surface area contributed by atoms with Crippen LogP contribution in [0.15, 0.2) is 0 Å². The van der Waals surface area contributed by atoms with Gasteiger partial charge in [-0.1, -0.05) is 0 Å². The number of nitrogens with zero attached hydrogens (tertiary/aromatic N) is 2. The normalized spacial score (nSPS) is 28.4. The van der Waals surface area contributed by atoms with Crippen molar-refractivity contribution in [2.75, 3.05) is 45.9 Å². The molecule has 0 bridgehead atoms. The molecule has 2 saturated heterocycles. The average molecular weight is 155 g/mol. The minimum absolute atomic E-state index is 1.17. The second-order valence-corrected chi connectivity index (χ2v) is 3.48. The van der Waals surface area contributed by atoms with Crippen LogP contribution in [0.25, 0.3) is 0 Å². The van der Waals surface area contributed by atoms with Crippen LogP contribution in [0, 0.1) is 0 Å². The lowest BCUT2D eigenvalue weighted by Crippen LogP contribution is -2.51. The highest BCUT2D eigenvalue weighted by Gasteiger charge is 2.17. The zero-order valence-electron chi connectivity index (χ0n) is 7.05. The second kappa shape index (κ2) is 3.52. The van der Waals surface area contributed by atoms with Gasteiger partial charge in [0.25, 0.3) is 0 Å². The van der Waals surface area contributed by atoms with Gasteiger partial charge in [-0.15, -0.1) is 0 Å². The SMILES string of the molecule is C1CN(CN2CCNCC2)C1. The number of hydrogen-bond donors (Lipinski definition) is 1. The van der Waals surface area contributed by atoms with Crippen molar-refractivity contribution < 1.29 is 0 Å². The highest BCUT2D eigenvalue weighted by molar-refractivity contribution is 4.72. The van der Waals surface area contributed by atoms with Gasteiger partial charge in [-0.25, -0.2) is 0 Å². The van der Waals surface area contributed by atoms with Gasteiger partial charge in [-0.2, -0.15) is 0 Å². The van der Waals surface area contributed by atoms with Crippen molar-refractivity contribution in [1.29, 1.82) is 0 Å². The highest BCUT2D eigenvalue weighted by atomic mass is 15.3. The minimum Gasteiger partial charge on any atom is -0.314 e. The maximum absolute atomic E-state index is 3.36. The van der Waals surface area contributed by atoms with E-state index in [2.05, 4.69) is 15.1 Å². The molecule has 64 valence electrons. The van der Waals surface area contributed by atoms with E-state index < -0.39 is 0 Å². The third-order valence-corrected chi connectivity index (χ3v) is 2.56. The molecule has 0 unspecified atom stereocenters. The van der Waals surface area contributed by atoms with Crippen molar-refractivity contribution in [2.24, 2.45) is 0 Å². The predicted octanol–water partition coefficient (Wildman–Crippen LogP) is -0.445. The first-order valence-corrected chi connectivity index (χ1v) is 4.60. The summed E-state index contributed by atoms with van der Waals surface area (Å²) >= 11 is 0. The molecule has 0 radical (unpaired) electrons. The summed E-state index contributed by atoms with van der Waals surface area (Å²) in [7, 11) is 0. The van der Waals surface area contributed by atoms with Crippen LogP contribution in [-0.4, -0.2) is 55.7 Å².